The minimum Gasteiger partial charge on any atom is -0.378 e. The molecule has 2 heterocycles. The van der Waals surface area contributed by atoms with Crippen LogP contribution in [0.3, 0.4) is 0 Å². The third-order valence-corrected chi connectivity index (χ3v) is 4.47. The van der Waals surface area contributed by atoms with Crippen molar-refractivity contribution in [2.24, 2.45) is 5.92 Å². The average molecular weight is 274 g/mol. The molecule has 108 valence electrons. The summed E-state index contributed by atoms with van der Waals surface area (Å²) in [6, 6.07) is 8.21. The molecule has 0 radical (unpaired) electrons. The Balaban J connectivity index is 1.54. The van der Waals surface area contributed by atoms with Crippen LogP contribution in [0.15, 0.2) is 24.3 Å². The highest BCUT2D eigenvalue weighted by molar-refractivity contribution is 5.82. The molecule has 0 bridgehead atoms. The average Bonchev–Trinajstić information content (AvgIpc) is 2.89. The predicted octanol–water partition coefficient (Wildman–Crippen LogP) is 1.24. The fourth-order valence-corrected chi connectivity index (χ4v) is 3.04. The van der Waals surface area contributed by atoms with Crippen molar-refractivity contribution >= 4 is 5.91 Å². The molecule has 1 fully saturated rings. The number of fused-ring (bicyclic) bond motifs is 1. The summed E-state index contributed by atoms with van der Waals surface area (Å²) in [6.45, 7) is 4.40. The summed E-state index contributed by atoms with van der Waals surface area (Å²) in [7, 11) is 0. The van der Waals surface area contributed by atoms with Gasteiger partial charge in [0.05, 0.1) is 12.1 Å². The van der Waals surface area contributed by atoms with Crippen molar-refractivity contribution in [1.29, 1.82) is 0 Å². The van der Waals surface area contributed by atoms with E-state index in [4.69, 9.17) is 4.74 Å². The summed E-state index contributed by atoms with van der Waals surface area (Å²) in [5, 5.41) is 6.39. The van der Waals surface area contributed by atoms with E-state index >= 15 is 0 Å². The minimum atomic E-state index is -0.109. The van der Waals surface area contributed by atoms with Crippen LogP contribution in [0.1, 0.15) is 24.5 Å². The van der Waals surface area contributed by atoms with Crippen molar-refractivity contribution in [2.45, 2.75) is 38.5 Å². The van der Waals surface area contributed by atoms with Crippen molar-refractivity contribution in [2.75, 3.05) is 13.2 Å². The Morgan fingerprint density at radius 1 is 1.40 bits per heavy atom. The molecular formula is C16H22N2O2. The van der Waals surface area contributed by atoms with Gasteiger partial charge >= 0.3 is 0 Å². The highest BCUT2D eigenvalue weighted by atomic mass is 16.5. The van der Waals surface area contributed by atoms with Gasteiger partial charge in [0, 0.05) is 25.6 Å². The molecule has 0 aromatic heterocycles. The normalized spacial score (nSPS) is 28.9. The molecule has 0 aliphatic carbocycles. The number of rotatable bonds is 3. The zero-order chi connectivity index (χ0) is 13.9. The third kappa shape index (κ3) is 2.86. The van der Waals surface area contributed by atoms with Gasteiger partial charge in [-0.3, -0.25) is 4.79 Å². The molecule has 3 atom stereocenters. The first kappa shape index (κ1) is 13.6. The van der Waals surface area contributed by atoms with Crippen molar-refractivity contribution in [3.8, 4) is 0 Å². The molecular weight excluding hydrogens is 252 g/mol. The van der Waals surface area contributed by atoms with Crippen molar-refractivity contribution in [1.82, 2.24) is 10.6 Å². The summed E-state index contributed by atoms with van der Waals surface area (Å²) >= 11 is 0. The van der Waals surface area contributed by atoms with Crippen molar-refractivity contribution < 1.29 is 9.53 Å². The molecule has 4 nitrogen and oxygen atoms in total. The first-order valence-corrected chi connectivity index (χ1v) is 7.43. The van der Waals surface area contributed by atoms with Gasteiger partial charge in [0.25, 0.3) is 0 Å². The van der Waals surface area contributed by atoms with Crippen LogP contribution in [0.4, 0.5) is 0 Å². The van der Waals surface area contributed by atoms with Gasteiger partial charge in [-0.1, -0.05) is 24.3 Å². The maximum atomic E-state index is 12.3. The molecule has 3 rings (SSSR count). The maximum Gasteiger partial charge on any atom is 0.237 e. The smallest absolute Gasteiger partial charge is 0.237 e. The lowest BCUT2D eigenvalue weighted by Crippen LogP contribution is -2.48. The lowest BCUT2D eigenvalue weighted by Gasteiger charge is -2.26. The first-order chi connectivity index (χ1) is 9.74. The molecule has 3 unspecified atom stereocenters. The molecule has 0 spiro atoms. The van der Waals surface area contributed by atoms with Crippen molar-refractivity contribution in [3.05, 3.63) is 35.4 Å². The zero-order valence-corrected chi connectivity index (χ0v) is 11.9. The van der Waals surface area contributed by atoms with Gasteiger partial charge in [-0.25, -0.2) is 0 Å². The van der Waals surface area contributed by atoms with Crippen LogP contribution in [0.25, 0.3) is 0 Å². The second-order valence-electron chi connectivity index (χ2n) is 5.78. The number of hydrogen-bond donors (Lipinski definition) is 2. The topological polar surface area (TPSA) is 50.4 Å². The monoisotopic (exact) mass is 274 g/mol. The highest BCUT2D eigenvalue weighted by Crippen LogP contribution is 2.20. The molecule has 2 aliphatic heterocycles. The predicted molar refractivity (Wildman–Crippen MR) is 77.3 cm³/mol. The fraction of sp³-hybridized carbons (Fsp3) is 0.562. The second kappa shape index (κ2) is 5.94. The second-order valence-corrected chi connectivity index (χ2v) is 5.78. The zero-order valence-electron chi connectivity index (χ0n) is 11.9. The largest absolute Gasteiger partial charge is 0.378 e. The highest BCUT2D eigenvalue weighted by Gasteiger charge is 2.27. The van der Waals surface area contributed by atoms with Gasteiger partial charge in [-0.2, -0.15) is 0 Å². The van der Waals surface area contributed by atoms with E-state index in [1.54, 1.807) is 0 Å². The standard InChI is InChI=1S/C16H22N2O2/c1-11-13(6-7-20-11)9-18-16(19)15-8-12-4-2-3-5-14(12)10-17-15/h2-5,11,13,15,17H,6-10H2,1H3,(H,18,19). The summed E-state index contributed by atoms with van der Waals surface area (Å²) in [5.74, 6) is 0.563. The number of ether oxygens (including phenoxy) is 1. The van der Waals surface area contributed by atoms with Crippen LogP contribution in [0, 0.1) is 5.92 Å². The van der Waals surface area contributed by atoms with Gasteiger partial charge in [-0.05, 0) is 30.9 Å². The SMILES string of the molecule is CC1OCCC1CNC(=O)C1Cc2ccccc2CN1. The number of amides is 1. The molecule has 20 heavy (non-hydrogen) atoms. The quantitative estimate of drug-likeness (QED) is 0.872. The Morgan fingerprint density at radius 3 is 2.95 bits per heavy atom. The molecule has 2 N–H and O–H groups in total. The van der Waals surface area contributed by atoms with E-state index in [0.717, 1.165) is 32.5 Å². The minimum absolute atomic E-state index is 0.109. The molecule has 1 saturated heterocycles. The molecule has 1 aromatic carbocycles. The lowest BCUT2D eigenvalue weighted by molar-refractivity contribution is -0.123. The number of hydrogen-bond acceptors (Lipinski definition) is 3. The van der Waals surface area contributed by atoms with Gasteiger partial charge in [-0.15, -0.1) is 0 Å². The Labute approximate surface area is 119 Å². The number of carbonyl (C=O) groups is 1. The van der Waals surface area contributed by atoms with E-state index in [2.05, 4.69) is 29.7 Å². The van der Waals surface area contributed by atoms with Gasteiger partial charge in [0.1, 0.15) is 0 Å². The molecule has 0 saturated carbocycles. The Morgan fingerprint density at radius 2 is 2.20 bits per heavy atom. The van der Waals surface area contributed by atoms with Crippen LogP contribution in [-0.4, -0.2) is 31.2 Å². The van der Waals surface area contributed by atoms with Crippen LogP contribution in [-0.2, 0) is 22.5 Å². The van der Waals surface area contributed by atoms with Crippen LogP contribution < -0.4 is 10.6 Å². The third-order valence-electron chi connectivity index (χ3n) is 4.47. The lowest BCUT2D eigenvalue weighted by atomic mass is 9.95. The van der Waals surface area contributed by atoms with E-state index < -0.39 is 0 Å². The summed E-state index contributed by atoms with van der Waals surface area (Å²) < 4.78 is 5.52. The van der Waals surface area contributed by atoms with Gasteiger partial charge < -0.3 is 15.4 Å². The van der Waals surface area contributed by atoms with Gasteiger partial charge in [0.2, 0.25) is 5.91 Å². The molecule has 1 amide bonds. The number of benzene rings is 1. The molecule has 1 aromatic rings. The summed E-state index contributed by atoms with van der Waals surface area (Å²) in [6.07, 6.45) is 2.08. The molecule has 2 aliphatic rings. The van der Waals surface area contributed by atoms with E-state index in [1.165, 1.54) is 11.1 Å². The number of nitrogens with one attached hydrogen (secondary N) is 2. The summed E-state index contributed by atoms with van der Waals surface area (Å²) in [5.41, 5.74) is 2.58. The van der Waals surface area contributed by atoms with E-state index in [1.807, 2.05) is 12.1 Å². The van der Waals surface area contributed by atoms with Crippen molar-refractivity contribution in [3.63, 3.8) is 0 Å². The van der Waals surface area contributed by atoms with E-state index in [-0.39, 0.29) is 18.1 Å². The number of carbonyl (C=O) groups excluding carboxylic acids is 1. The Kier molecular flexibility index (Phi) is 4.03. The summed E-state index contributed by atoms with van der Waals surface area (Å²) in [4.78, 5) is 12.3. The van der Waals surface area contributed by atoms with E-state index in [9.17, 15) is 4.79 Å². The Hall–Kier alpha value is -1.39. The fourth-order valence-electron chi connectivity index (χ4n) is 3.04. The molecule has 4 heteroatoms. The first-order valence-electron chi connectivity index (χ1n) is 7.43. The van der Waals surface area contributed by atoms with Crippen LogP contribution in [0.2, 0.25) is 0 Å². The van der Waals surface area contributed by atoms with Crippen LogP contribution in [0.5, 0.6) is 0 Å². The van der Waals surface area contributed by atoms with Crippen LogP contribution >= 0.6 is 0 Å². The van der Waals surface area contributed by atoms with Gasteiger partial charge in [0.15, 0.2) is 0 Å². The maximum absolute atomic E-state index is 12.3. The van der Waals surface area contributed by atoms with E-state index in [0.29, 0.717) is 5.92 Å². The Bertz CT molecular complexity index is 489.